The largest absolute Gasteiger partial charge is 0.381 e. The third kappa shape index (κ3) is 5.59. The quantitative estimate of drug-likeness (QED) is 0.395. The van der Waals surface area contributed by atoms with Crippen molar-refractivity contribution in [3.05, 3.63) is 0 Å². The number of guanidine groups is 1. The van der Waals surface area contributed by atoms with Crippen LogP contribution in [0.1, 0.15) is 71.1 Å². The molecule has 5 nitrogen and oxygen atoms in total. The first-order chi connectivity index (χ1) is 12.8. The zero-order valence-electron chi connectivity index (χ0n) is 16.9. The van der Waals surface area contributed by atoms with Gasteiger partial charge >= 0.3 is 0 Å². The lowest BCUT2D eigenvalue weighted by atomic mass is 9.88. The second-order valence-corrected chi connectivity index (χ2v) is 8.45. The highest BCUT2D eigenvalue weighted by Gasteiger charge is 2.39. The Kier molecular flexibility index (Phi) is 8.06. The minimum Gasteiger partial charge on any atom is -0.381 e. The molecule has 0 aromatic heterocycles. The number of ether oxygens (including phenoxy) is 1. The van der Waals surface area contributed by atoms with Gasteiger partial charge in [-0.05, 0) is 64.5 Å². The predicted molar refractivity (Wildman–Crippen MR) is 109 cm³/mol. The summed E-state index contributed by atoms with van der Waals surface area (Å²) >= 11 is 0. The van der Waals surface area contributed by atoms with Gasteiger partial charge in [-0.2, -0.15) is 0 Å². The van der Waals surface area contributed by atoms with Crippen molar-refractivity contribution in [3.8, 4) is 0 Å². The number of hydrogen-bond donors (Lipinski definition) is 2. The van der Waals surface area contributed by atoms with E-state index >= 15 is 0 Å². The van der Waals surface area contributed by atoms with Crippen LogP contribution < -0.4 is 10.6 Å². The van der Waals surface area contributed by atoms with Crippen LogP contribution in [-0.4, -0.2) is 62.3 Å². The van der Waals surface area contributed by atoms with Crippen LogP contribution in [0, 0.1) is 5.92 Å². The van der Waals surface area contributed by atoms with Crippen molar-refractivity contribution < 1.29 is 4.74 Å². The molecule has 0 unspecified atom stereocenters. The van der Waals surface area contributed by atoms with Crippen LogP contribution in [-0.2, 0) is 4.74 Å². The number of nitrogens with zero attached hydrogens (tertiary/aromatic N) is 2. The first-order valence-electron chi connectivity index (χ1n) is 11.2. The van der Waals surface area contributed by atoms with Crippen molar-refractivity contribution in [2.75, 3.05) is 45.9 Å². The van der Waals surface area contributed by atoms with Gasteiger partial charge in [0.2, 0.25) is 0 Å². The summed E-state index contributed by atoms with van der Waals surface area (Å²) in [6.07, 6.45) is 13.4. The van der Waals surface area contributed by atoms with Crippen LogP contribution in [0.3, 0.4) is 0 Å². The van der Waals surface area contributed by atoms with E-state index in [9.17, 15) is 0 Å². The fourth-order valence-electron chi connectivity index (χ4n) is 4.98. The van der Waals surface area contributed by atoms with Crippen LogP contribution in [0.5, 0.6) is 0 Å². The molecule has 26 heavy (non-hydrogen) atoms. The summed E-state index contributed by atoms with van der Waals surface area (Å²) in [4.78, 5) is 7.72. The summed E-state index contributed by atoms with van der Waals surface area (Å²) < 4.78 is 5.66. The molecular formula is C21H40N4O. The van der Waals surface area contributed by atoms with Gasteiger partial charge in [0.05, 0.1) is 6.54 Å². The van der Waals surface area contributed by atoms with Gasteiger partial charge in [-0.3, -0.25) is 9.89 Å². The first kappa shape index (κ1) is 19.9. The molecule has 2 saturated heterocycles. The molecule has 2 heterocycles. The Labute approximate surface area is 160 Å². The maximum atomic E-state index is 5.66. The lowest BCUT2D eigenvalue weighted by Gasteiger charge is -2.43. The maximum absolute atomic E-state index is 5.66. The van der Waals surface area contributed by atoms with Gasteiger partial charge in [0, 0.05) is 31.8 Å². The fraction of sp³-hybridized carbons (Fsp3) is 0.952. The molecule has 2 aliphatic heterocycles. The van der Waals surface area contributed by atoms with E-state index < -0.39 is 0 Å². The molecule has 0 atom stereocenters. The molecule has 0 radical (unpaired) electrons. The van der Waals surface area contributed by atoms with Crippen LogP contribution in [0.2, 0.25) is 0 Å². The monoisotopic (exact) mass is 364 g/mol. The first-order valence-corrected chi connectivity index (χ1v) is 11.2. The van der Waals surface area contributed by atoms with E-state index in [-0.39, 0.29) is 5.54 Å². The summed E-state index contributed by atoms with van der Waals surface area (Å²) in [6.45, 7) is 9.27. The molecule has 3 rings (SSSR count). The van der Waals surface area contributed by atoms with Crippen LogP contribution in [0.25, 0.3) is 0 Å². The van der Waals surface area contributed by atoms with E-state index in [2.05, 4.69) is 22.5 Å². The topological polar surface area (TPSA) is 48.9 Å². The number of aliphatic imine (C=N–C) groups is 1. The Morgan fingerprint density at radius 3 is 2.50 bits per heavy atom. The summed E-state index contributed by atoms with van der Waals surface area (Å²) in [6, 6.07) is 0. The SMILES string of the molecule is CCNC(=NCC1(N2CCCC2)CCOCC1)NCCCC1CCCC1. The molecule has 5 heteroatoms. The van der Waals surface area contributed by atoms with Crippen LogP contribution in [0.15, 0.2) is 4.99 Å². The minimum atomic E-state index is 0.223. The average molecular weight is 365 g/mol. The summed E-state index contributed by atoms with van der Waals surface area (Å²) in [5.41, 5.74) is 0.223. The van der Waals surface area contributed by atoms with Crippen molar-refractivity contribution in [1.82, 2.24) is 15.5 Å². The highest BCUT2D eigenvalue weighted by Crippen LogP contribution is 2.31. The number of likely N-dealkylation sites (tertiary alicyclic amines) is 1. The van der Waals surface area contributed by atoms with Gasteiger partial charge in [-0.25, -0.2) is 0 Å². The van der Waals surface area contributed by atoms with E-state index in [4.69, 9.17) is 9.73 Å². The third-order valence-electron chi connectivity index (χ3n) is 6.63. The number of hydrogen-bond acceptors (Lipinski definition) is 3. The second-order valence-electron chi connectivity index (χ2n) is 8.45. The number of nitrogens with one attached hydrogen (secondary N) is 2. The van der Waals surface area contributed by atoms with E-state index in [0.29, 0.717) is 0 Å². The van der Waals surface area contributed by atoms with Gasteiger partial charge < -0.3 is 15.4 Å². The van der Waals surface area contributed by atoms with Gasteiger partial charge in [-0.15, -0.1) is 0 Å². The highest BCUT2D eigenvalue weighted by molar-refractivity contribution is 5.79. The van der Waals surface area contributed by atoms with E-state index in [1.165, 1.54) is 64.5 Å². The smallest absolute Gasteiger partial charge is 0.191 e. The molecule has 150 valence electrons. The van der Waals surface area contributed by atoms with Crippen LogP contribution >= 0.6 is 0 Å². The zero-order valence-corrected chi connectivity index (χ0v) is 16.9. The molecule has 0 aromatic rings. The molecule has 0 bridgehead atoms. The Hall–Kier alpha value is -0.810. The lowest BCUT2D eigenvalue weighted by molar-refractivity contribution is -0.0139. The van der Waals surface area contributed by atoms with E-state index in [0.717, 1.165) is 57.6 Å². The van der Waals surface area contributed by atoms with Gasteiger partial charge in [0.25, 0.3) is 0 Å². The zero-order chi connectivity index (χ0) is 18.1. The molecule has 0 spiro atoms. The molecular weight excluding hydrogens is 324 g/mol. The molecule has 2 N–H and O–H groups in total. The van der Waals surface area contributed by atoms with Crippen molar-refractivity contribution in [2.24, 2.45) is 10.9 Å². The highest BCUT2D eigenvalue weighted by atomic mass is 16.5. The molecule has 0 aromatic carbocycles. The standard InChI is InChI=1S/C21H40N4O/c1-2-22-20(23-13-7-10-19-8-3-4-9-19)24-18-21(11-16-26-17-12-21)25-14-5-6-15-25/h19H,2-18H2,1H3,(H2,22,23,24). The lowest BCUT2D eigenvalue weighted by Crippen LogP contribution is -2.54. The Morgan fingerprint density at radius 1 is 1.08 bits per heavy atom. The van der Waals surface area contributed by atoms with Crippen molar-refractivity contribution in [2.45, 2.75) is 76.7 Å². The number of rotatable bonds is 8. The normalized spacial score (nSPS) is 24.9. The van der Waals surface area contributed by atoms with E-state index in [1.807, 2.05) is 0 Å². The minimum absolute atomic E-state index is 0.223. The van der Waals surface area contributed by atoms with E-state index in [1.54, 1.807) is 0 Å². The molecule has 3 aliphatic rings. The Bertz CT molecular complexity index is 422. The molecule has 3 fully saturated rings. The van der Waals surface area contributed by atoms with Gasteiger partial charge in [0.15, 0.2) is 5.96 Å². The van der Waals surface area contributed by atoms with Crippen molar-refractivity contribution >= 4 is 5.96 Å². The van der Waals surface area contributed by atoms with Crippen LogP contribution in [0.4, 0.5) is 0 Å². The maximum Gasteiger partial charge on any atom is 0.191 e. The van der Waals surface area contributed by atoms with Gasteiger partial charge in [-0.1, -0.05) is 25.7 Å². The molecule has 1 saturated carbocycles. The fourth-order valence-corrected chi connectivity index (χ4v) is 4.98. The summed E-state index contributed by atoms with van der Waals surface area (Å²) in [5, 5.41) is 7.03. The molecule has 1 aliphatic carbocycles. The predicted octanol–water partition coefficient (Wildman–Crippen LogP) is 3.16. The average Bonchev–Trinajstić information content (AvgIpc) is 3.38. The van der Waals surface area contributed by atoms with Crippen molar-refractivity contribution in [3.63, 3.8) is 0 Å². The third-order valence-corrected chi connectivity index (χ3v) is 6.63. The molecule has 0 amide bonds. The van der Waals surface area contributed by atoms with Gasteiger partial charge in [0.1, 0.15) is 0 Å². The second kappa shape index (κ2) is 10.5. The Balaban J connectivity index is 1.50. The summed E-state index contributed by atoms with van der Waals surface area (Å²) in [5.74, 6) is 1.99. The Morgan fingerprint density at radius 2 is 1.81 bits per heavy atom. The summed E-state index contributed by atoms with van der Waals surface area (Å²) in [7, 11) is 0. The van der Waals surface area contributed by atoms with Crippen molar-refractivity contribution in [1.29, 1.82) is 0 Å².